The minimum Gasteiger partial charge on any atom is -0.426 e. The molecule has 4 nitrogen and oxygen atoms in total. The highest BCUT2D eigenvalue weighted by atomic mass is 35.5. The minimum absolute atomic E-state index is 0.197. The van der Waals surface area contributed by atoms with E-state index in [0.29, 0.717) is 15.7 Å². The Kier molecular flexibility index (Phi) is 4.83. The van der Waals surface area contributed by atoms with Gasteiger partial charge in [0.15, 0.2) is 0 Å². The van der Waals surface area contributed by atoms with Gasteiger partial charge in [-0.15, -0.1) is 0 Å². The average Bonchev–Trinajstić information content (AvgIpc) is 2.43. The molecule has 0 radical (unpaired) electrons. The Labute approximate surface area is 131 Å². The summed E-state index contributed by atoms with van der Waals surface area (Å²) in [6.07, 6.45) is 0. The molecule has 6 heteroatoms. The zero-order chi connectivity index (χ0) is 15.4. The van der Waals surface area contributed by atoms with Gasteiger partial charge in [0.1, 0.15) is 5.75 Å². The Morgan fingerprint density at radius 2 is 1.76 bits per heavy atom. The van der Waals surface area contributed by atoms with Crippen LogP contribution < -0.4 is 10.1 Å². The Balaban J connectivity index is 2.24. The van der Waals surface area contributed by atoms with Crippen LogP contribution in [-0.4, -0.2) is 11.9 Å². The van der Waals surface area contributed by atoms with E-state index in [1.165, 1.54) is 13.0 Å². The molecule has 21 heavy (non-hydrogen) atoms. The zero-order valence-electron chi connectivity index (χ0n) is 11.0. The van der Waals surface area contributed by atoms with E-state index in [1.807, 2.05) is 0 Å². The largest absolute Gasteiger partial charge is 0.426 e. The maximum atomic E-state index is 12.2. The third-order valence-electron chi connectivity index (χ3n) is 2.56. The van der Waals surface area contributed by atoms with Gasteiger partial charge in [-0.05, 0) is 30.3 Å². The highest BCUT2D eigenvalue weighted by Crippen LogP contribution is 2.26. The fourth-order valence-electron chi connectivity index (χ4n) is 1.67. The van der Waals surface area contributed by atoms with Crippen LogP contribution in [0.5, 0.6) is 5.75 Å². The molecule has 0 aromatic heterocycles. The molecule has 1 amide bonds. The van der Waals surface area contributed by atoms with E-state index in [1.54, 1.807) is 36.4 Å². The molecule has 0 aliphatic rings. The Morgan fingerprint density at radius 1 is 1.05 bits per heavy atom. The van der Waals surface area contributed by atoms with Crippen molar-refractivity contribution in [2.75, 3.05) is 5.32 Å². The third kappa shape index (κ3) is 3.97. The van der Waals surface area contributed by atoms with Crippen molar-refractivity contribution >= 4 is 40.8 Å². The number of carbonyl (C=O) groups excluding carboxylic acids is 2. The topological polar surface area (TPSA) is 55.4 Å². The van der Waals surface area contributed by atoms with Crippen LogP contribution in [-0.2, 0) is 4.79 Å². The molecule has 2 aromatic rings. The summed E-state index contributed by atoms with van der Waals surface area (Å²) in [6, 6.07) is 11.2. The molecule has 0 unspecified atom stereocenters. The molecule has 0 bridgehead atoms. The van der Waals surface area contributed by atoms with Gasteiger partial charge in [-0.25, -0.2) is 0 Å². The van der Waals surface area contributed by atoms with Crippen molar-refractivity contribution in [3.8, 4) is 5.75 Å². The van der Waals surface area contributed by atoms with E-state index in [2.05, 4.69) is 5.32 Å². The molecule has 0 saturated carbocycles. The maximum absolute atomic E-state index is 12.2. The van der Waals surface area contributed by atoms with Gasteiger partial charge in [0, 0.05) is 12.6 Å². The van der Waals surface area contributed by atoms with Crippen molar-refractivity contribution in [1.29, 1.82) is 0 Å². The first-order valence-electron chi connectivity index (χ1n) is 6.01. The van der Waals surface area contributed by atoms with Gasteiger partial charge < -0.3 is 10.1 Å². The first-order valence-corrected chi connectivity index (χ1v) is 6.77. The van der Waals surface area contributed by atoms with Crippen LogP contribution in [0.15, 0.2) is 42.5 Å². The number of benzene rings is 2. The SMILES string of the molecule is CC(=O)Oc1ccccc1C(=O)Nc1ccc(Cl)c(Cl)c1. The molecule has 2 aromatic carbocycles. The fraction of sp³-hybridized carbons (Fsp3) is 0.0667. The molecule has 0 spiro atoms. The second-order valence-electron chi connectivity index (χ2n) is 4.17. The van der Waals surface area contributed by atoms with E-state index in [0.717, 1.165) is 0 Å². The first kappa shape index (κ1) is 15.4. The number of hydrogen-bond acceptors (Lipinski definition) is 3. The summed E-state index contributed by atoms with van der Waals surface area (Å²) in [7, 11) is 0. The fourth-order valence-corrected chi connectivity index (χ4v) is 1.97. The number of nitrogens with one attached hydrogen (secondary N) is 1. The average molecular weight is 324 g/mol. The van der Waals surface area contributed by atoms with E-state index < -0.39 is 11.9 Å². The zero-order valence-corrected chi connectivity index (χ0v) is 12.5. The number of rotatable bonds is 3. The molecule has 108 valence electrons. The summed E-state index contributed by atoms with van der Waals surface area (Å²) in [6.45, 7) is 1.27. The number of carbonyl (C=O) groups is 2. The van der Waals surface area contributed by atoms with Crippen molar-refractivity contribution in [3.63, 3.8) is 0 Å². The van der Waals surface area contributed by atoms with Gasteiger partial charge in [0.25, 0.3) is 5.91 Å². The minimum atomic E-state index is -0.496. The smallest absolute Gasteiger partial charge is 0.308 e. The second-order valence-corrected chi connectivity index (χ2v) is 4.99. The number of amides is 1. The van der Waals surface area contributed by atoms with Gasteiger partial charge in [-0.1, -0.05) is 35.3 Å². The highest BCUT2D eigenvalue weighted by Gasteiger charge is 2.14. The lowest BCUT2D eigenvalue weighted by Gasteiger charge is -2.10. The normalized spacial score (nSPS) is 10.0. The summed E-state index contributed by atoms with van der Waals surface area (Å²) < 4.78 is 5.00. The van der Waals surface area contributed by atoms with E-state index in [4.69, 9.17) is 27.9 Å². The lowest BCUT2D eigenvalue weighted by Crippen LogP contribution is -2.14. The van der Waals surface area contributed by atoms with Crippen molar-refractivity contribution in [2.45, 2.75) is 6.92 Å². The molecular weight excluding hydrogens is 313 g/mol. The van der Waals surface area contributed by atoms with Crippen molar-refractivity contribution in [2.24, 2.45) is 0 Å². The van der Waals surface area contributed by atoms with Gasteiger partial charge in [-0.3, -0.25) is 9.59 Å². The first-order chi connectivity index (χ1) is 9.97. The molecule has 0 aliphatic carbocycles. The Morgan fingerprint density at radius 3 is 2.43 bits per heavy atom. The number of anilines is 1. The predicted octanol–water partition coefficient (Wildman–Crippen LogP) is 4.17. The molecule has 0 fully saturated rings. The summed E-state index contributed by atoms with van der Waals surface area (Å²) in [5, 5.41) is 3.40. The quantitative estimate of drug-likeness (QED) is 0.681. The molecule has 0 saturated heterocycles. The molecular formula is C15H11Cl2NO3. The molecule has 0 heterocycles. The number of halogens is 2. The molecule has 1 N–H and O–H groups in total. The van der Waals surface area contributed by atoms with Crippen LogP contribution >= 0.6 is 23.2 Å². The van der Waals surface area contributed by atoms with E-state index >= 15 is 0 Å². The molecule has 0 atom stereocenters. The molecule has 2 rings (SSSR count). The standard InChI is InChI=1S/C15H11Cl2NO3/c1-9(19)21-14-5-3-2-4-11(14)15(20)18-10-6-7-12(16)13(17)8-10/h2-8H,1H3,(H,18,20). The maximum Gasteiger partial charge on any atom is 0.308 e. The van der Waals surface area contributed by atoms with Crippen LogP contribution in [0.3, 0.4) is 0 Å². The number of esters is 1. The number of para-hydroxylation sites is 1. The van der Waals surface area contributed by atoms with Crippen molar-refractivity contribution in [1.82, 2.24) is 0 Å². The summed E-state index contributed by atoms with van der Waals surface area (Å²) in [4.78, 5) is 23.3. The number of ether oxygens (including phenoxy) is 1. The second kappa shape index (κ2) is 6.61. The van der Waals surface area contributed by atoms with Gasteiger partial charge in [0.2, 0.25) is 0 Å². The predicted molar refractivity (Wildman–Crippen MR) is 82.2 cm³/mol. The summed E-state index contributed by atoms with van der Waals surface area (Å²) >= 11 is 11.7. The lowest BCUT2D eigenvalue weighted by molar-refractivity contribution is -0.131. The summed E-state index contributed by atoms with van der Waals surface area (Å²) in [5.41, 5.74) is 0.741. The van der Waals surface area contributed by atoms with Crippen LogP contribution in [0.2, 0.25) is 10.0 Å². The van der Waals surface area contributed by atoms with Crippen molar-refractivity contribution in [3.05, 3.63) is 58.1 Å². The van der Waals surface area contributed by atoms with Gasteiger partial charge >= 0.3 is 5.97 Å². The molecule has 0 aliphatic heterocycles. The van der Waals surface area contributed by atoms with Gasteiger partial charge in [0.05, 0.1) is 15.6 Å². The number of hydrogen-bond donors (Lipinski definition) is 1. The van der Waals surface area contributed by atoms with Crippen LogP contribution in [0, 0.1) is 0 Å². The lowest BCUT2D eigenvalue weighted by atomic mass is 10.2. The summed E-state index contributed by atoms with van der Waals surface area (Å²) in [5.74, 6) is -0.711. The third-order valence-corrected chi connectivity index (χ3v) is 3.30. The Bertz CT molecular complexity index is 701. The van der Waals surface area contributed by atoms with Crippen LogP contribution in [0.1, 0.15) is 17.3 Å². The van der Waals surface area contributed by atoms with Crippen LogP contribution in [0.4, 0.5) is 5.69 Å². The Hall–Kier alpha value is -2.04. The highest BCUT2D eigenvalue weighted by molar-refractivity contribution is 6.42. The van der Waals surface area contributed by atoms with Gasteiger partial charge in [-0.2, -0.15) is 0 Å². The van der Waals surface area contributed by atoms with E-state index in [9.17, 15) is 9.59 Å². The monoisotopic (exact) mass is 323 g/mol. The van der Waals surface area contributed by atoms with Crippen molar-refractivity contribution < 1.29 is 14.3 Å². The van der Waals surface area contributed by atoms with Crippen LogP contribution in [0.25, 0.3) is 0 Å². The van der Waals surface area contributed by atoms with E-state index in [-0.39, 0.29) is 11.3 Å².